The summed E-state index contributed by atoms with van der Waals surface area (Å²) in [6.45, 7) is 1.13. The molecule has 0 aromatic heterocycles. The van der Waals surface area contributed by atoms with Gasteiger partial charge in [-0.05, 0) is 36.2 Å². The van der Waals surface area contributed by atoms with E-state index in [9.17, 15) is 14.3 Å². The van der Waals surface area contributed by atoms with E-state index in [4.69, 9.17) is 0 Å². The fraction of sp³-hybridized carbons (Fsp3) is 0.278. The molecule has 0 radical (unpaired) electrons. The Balaban J connectivity index is 1.82. The molecule has 120 valence electrons. The number of β-amino-alcohol motifs (C(OH)–C–C–N with tert-alkyl or cyclic N) is 1. The van der Waals surface area contributed by atoms with E-state index in [2.05, 4.69) is 5.32 Å². The average Bonchev–Trinajstić information content (AvgIpc) is 2.97. The van der Waals surface area contributed by atoms with Crippen molar-refractivity contribution in [3.8, 4) is 0 Å². The van der Waals surface area contributed by atoms with Crippen molar-refractivity contribution in [2.24, 2.45) is 0 Å². The molecule has 5 heteroatoms. The minimum absolute atomic E-state index is 0.183. The van der Waals surface area contributed by atoms with Crippen LogP contribution in [0.2, 0.25) is 0 Å². The van der Waals surface area contributed by atoms with Gasteiger partial charge in [-0.25, -0.2) is 4.39 Å². The lowest BCUT2D eigenvalue weighted by molar-refractivity contribution is -0.121. The van der Waals surface area contributed by atoms with Gasteiger partial charge in [0.05, 0.1) is 6.10 Å². The van der Waals surface area contributed by atoms with E-state index < -0.39 is 12.1 Å². The molecule has 0 saturated carbocycles. The third-order valence-electron chi connectivity index (χ3n) is 4.04. The maximum absolute atomic E-state index is 13.0. The number of rotatable bonds is 4. The molecule has 1 aliphatic rings. The number of halogens is 1. The van der Waals surface area contributed by atoms with Gasteiger partial charge in [-0.3, -0.25) is 9.69 Å². The van der Waals surface area contributed by atoms with Gasteiger partial charge in [0.25, 0.3) is 0 Å². The first kappa shape index (κ1) is 15.6. The van der Waals surface area contributed by atoms with Crippen molar-refractivity contribution in [3.63, 3.8) is 0 Å². The van der Waals surface area contributed by atoms with Gasteiger partial charge in [0.1, 0.15) is 11.9 Å². The predicted octanol–water partition coefficient (Wildman–Crippen LogP) is 2.57. The van der Waals surface area contributed by atoms with Crippen LogP contribution in [-0.4, -0.2) is 35.1 Å². The molecule has 0 unspecified atom stereocenters. The van der Waals surface area contributed by atoms with Crippen LogP contribution >= 0.6 is 0 Å². The lowest BCUT2D eigenvalue weighted by Gasteiger charge is -2.27. The van der Waals surface area contributed by atoms with Crippen molar-refractivity contribution < 1.29 is 14.3 Å². The summed E-state index contributed by atoms with van der Waals surface area (Å²) in [5, 5.41) is 12.6. The highest BCUT2D eigenvalue weighted by Crippen LogP contribution is 2.26. The smallest absolute Gasteiger partial charge is 0.246 e. The molecule has 2 aromatic rings. The van der Waals surface area contributed by atoms with Crippen LogP contribution in [0.15, 0.2) is 54.6 Å². The number of benzene rings is 2. The molecule has 1 aliphatic heterocycles. The number of nitrogens with zero attached hydrogens (tertiary/aromatic N) is 1. The lowest BCUT2D eigenvalue weighted by atomic mass is 10.0. The summed E-state index contributed by atoms with van der Waals surface area (Å²) in [6, 6.07) is 14.7. The Morgan fingerprint density at radius 2 is 1.87 bits per heavy atom. The van der Waals surface area contributed by atoms with Crippen LogP contribution in [0, 0.1) is 5.82 Å². The van der Waals surface area contributed by atoms with Gasteiger partial charge in [0.2, 0.25) is 5.91 Å². The molecule has 1 amide bonds. The van der Waals surface area contributed by atoms with Crippen molar-refractivity contribution in [1.29, 1.82) is 0 Å². The van der Waals surface area contributed by atoms with E-state index in [1.165, 1.54) is 24.3 Å². The SMILES string of the molecule is O=C(Nc1ccc(F)cc1)[C@@H](c1ccccc1)N1CC[C@H](O)C1. The van der Waals surface area contributed by atoms with Crippen molar-refractivity contribution >= 4 is 11.6 Å². The summed E-state index contributed by atoms with van der Waals surface area (Å²) in [5.41, 5.74) is 1.43. The highest BCUT2D eigenvalue weighted by atomic mass is 19.1. The Labute approximate surface area is 134 Å². The number of carbonyl (C=O) groups is 1. The summed E-state index contributed by atoms with van der Waals surface area (Å²) in [6.07, 6.45) is 0.257. The van der Waals surface area contributed by atoms with Gasteiger partial charge >= 0.3 is 0 Å². The molecule has 1 saturated heterocycles. The predicted molar refractivity (Wildman–Crippen MR) is 86.4 cm³/mol. The zero-order valence-corrected chi connectivity index (χ0v) is 12.7. The zero-order chi connectivity index (χ0) is 16.2. The molecule has 4 nitrogen and oxygen atoms in total. The second-order valence-electron chi connectivity index (χ2n) is 5.75. The summed E-state index contributed by atoms with van der Waals surface area (Å²) in [7, 11) is 0. The molecule has 2 atom stereocenters. The van der Waals surface area contributed by atoms with Gasteiger partial charge in [-0.2, -0.15) is 0 Å². The second-order valence-corrected chi connectivity index (χ2v) is 5.75. The fourth-order valence-electron chi connectivity index (χ4n) is 2.91. The summed E-state index contributed by atoms with van der Waals surface area (Å²) in [5.74, 6) is -0.526. The lowest BCUT2D eigenvalue weighted by Crippen LogP contribution is -2.36. The topological polar surface area (TPSA) is 52.6 Å². The Kier molecular flexibility index (Phi) is 4.69. The molecule has 2 N–H and O–H groups in total. The molecule has 1 heterocycles. The molecule has 2 aromatic carbocycles. The summed E-state index contributed by atoms with van der Waals surface area (Å²) < 4.78 is 13.0. The van der Waals surface area contributed by atoms with Gasteiger partial charge < -0.3 is 10.4 Å². The number of hydrogen-bond donors (Lipinski definition) is 2. The molecule has 3 rings (SSSR count). The maximum atomic E-state index is 13.0. The number of carbonyl (C=O) groups excluding carboxylic acids is 1. The van der Waals surface area contributed by atoms with Gasteiger partial charge in [0.15, 0.2) is 0 Å². The average molecular weight is 314 g/mol. The second kappa shape index (κ2) is 6.89. The molecule has 1 fully saturated rings. The Morgan fingerprint density at radius 3 is 2.48 bits per heavy atom. The maximum Gasteiger partial charge on any atom is 0.246 e. The highest BCUT2D eigenvalue weighted by Gasteiger charge is 2.32. The van der Waals surface area contributed by atoms with Crippen LogP contribution in [0.5, 0.6) is 0 Å². The molecular weight excluding hydrogens is 295 g/mol. The first-order valence-electron chi connectivity index (χ1n) is 7.67. The number of amides is 1. The normalized spacial score (nSPS) is 19.5. The number of hydrogen-bond acceptors (Lipinski definition) is 3. The Hall–Kier alpha value is -2.24. The number of aliphatic hydroxyl groups excluding tert-OH is 1. The van der Waals surface area contributed by atoms with Crippen LogP contribution in [0.3, 0.4) is 0 Å². The number of aliphatic hydroxyl groups is 1. The Bertz CT molecular complexity index is 660. The van der Waals surface area contributed by atoms with E-state index >= 15 is 0 Å². The van der Waals surface area contributed by atoms with Crippen LogP contribution in [0.1, 0.15) is 18.0 Å². The van der Waals surface area contributed by atoms with E-state index in [1.54, 1.807) is 0 Å². The monoisotopic (exact) mass is 314 g/mol. The highest BCUT2D eigenvalue weighted by molar-refractivity contribution is 5.95. The molecule has 0 aliphatic carbocycles. The van der Waals surface area contributed by atoms with Gasteiger partial charge in [-0.1, -0.05) is 30.3 Å². The van der Waals surface area contributed by atoms with Crippen molar-refractivity contribution in [2.75, 3.05) is 18.4 Å². The van der Waals surface area contributed by atoms with Crippen molar-refractivity contribution in [2.45, 2.75) is 18.6 Å². The third kappa shape index (κ3) is 3.75. The minimum atomic E-state index is -0.474. The van der Waals surface area contributed by atoms with E-state index in [0.717, 1.165) is 5.56 Å². The van der Waals surface area contributed by atoms with Crippen molar-refractivity contribution in [1.82, 2.24) is 4.90 Å². The first-order chi connectivity index (χ1) is 11.1. The largest absolute Gasteiger partial charge is 0.392 e. The number of anilines is 1. The molecule has 0 bridgehead atoms. The van der Waals surface area contributed by atoms with Gasteiger partial charge in [0, 0.05) is 18.8 Å². The third-order valence-corrected chi connectivity index (χ3v) is 4.04. The summed E-state index contributed by atoms with van der Waals surface area (Å²) in [4.78, 5) is 14.7. The van der Waals surface area contributed by atoms with Crippen LogP contribution in [-0.2, 0) is 4.79 Å². The van der Waals surface area contributed by atoms with E-state index in [-0.39, 0.29) is 11.7 Å². The van der Waals surface area contributed by atoms with Crippen molar-refractivity contribution in [3.05, 3.63) is 66.0 Å². The molecular formula is C18H19FN2O2. The quantitative estimate of drug-likeness (QED) is 0.912. The minimum Gasteiger partial charge on any atom is -0.392 e. The number of likely N-dealkylation sites (tertiary alicyclic amines) is 1. The molecule has 23 heavy (non-hydrogen) atoms. The fourth-order valence-corrected chi connectivity index (χ4v) is 2.91. The molecule has 0 spiro atoms. The van der Waals surface area contributed by atoms with E-state index in [1.807, 2.05) is 35.2 Å². The van der Waals surface area contributed by atoms with Crippen LogP contribution in [0.4, 0.5) is 10.1 Å². The Morgan fingerprint density at radius 1 is 1.17 bits per heavy atom. The number of nitrogens with one attached hydrogen (secondary N) is 1. The standard InChI is InChI=1S/C18H19FN2O2/c19-14-6-8-15(9-7-14)20-18(23)17(13-4-2-1-3-5-13)21-11-10-16(22)12-21/h1-9,16-17,22H,10-12H2,(H,20,23)/t16-,17+/m0/s1. The first-order valence-corrected chi connectivity index (χ1v) is 7.67. The summed E-state index contributed by atoms with van der Waals surface area (Å²) >= 11 is 0. The van der Waals surface area contributed by atoms with Crippen LogP contribution in [0.25, 0.3) is 0 Å². The van der Waals surface area contributed by atoms with Gasteiger partial charge in [-0.15, -0.1) is 0 Å². The zero-order valence-electron chi connectivity index (χ0n) is 12.7. The van der Waals surface area contributed by atoms with E-state index in [0.29, 0.717) is 25.2 Å². The van der Waals surface area contributed by atoms with Crippen LogP contribution < -0.4 is 5.32 Å².